The second-order valence-corrected chi connectivity index (χ2v) is 5.19. The zero-order valence-corrected chi connectivity index (χ0v) is 11.9. The van der Waals surface area contributed by atoms with Crippen molar-refractivity contribution in [1.82, 2.24) is 4.90 Å². The fraction of sp³-hybridized carbons (Fsp3) is 0.533. The van der Waals surface area contributed by atoms with E-state index in [1.165, 1.54) is 7.11 Å². The highest BCUT2D eigenvalue weighted by molar-refractivity contribution is 5.92. The molecule has 104 valence electrons. The molecule has 1 N–H and O–H groups in total. The lowest BCUT2D eigenvalue weighted by molar-refractivity contribution is 0.0600. The van der Waals surface area contributed by atoms with Gasteiger partial charge in [-0.15, -0.1) is 0 Å². The maximum absolute atomic E-state index is 11.7. The molecule has 2 rings (SSSR count). The van der Waals surface area contributed by atoms with Crippen molar-refractivity contribution in [2.24, 2.45) is 0 Å². The van der Waals surface area contributed by atoms with Gasteiger partial charge in [-0.25, -0.2) is 4.79 Å². The summed E-state index contributed by atoms with van der Waals surface area (Å²) in [7, 11) is 3.57. The first kappa shape index (κ1) is 13.9. The van der Waals surface area contributed by atoms with E-state index in [0.29, 0.717) is 11.6 Å². The number of methoxy groups -OCH3 is 1. The first-order valence-corrected chi connectivity index (χ1v) is 6.75. The van der Waals surface area contributed by atoms with Gasteiger partial charge in [0, 0.05) is 11.7 Å². The molecule has 0 radical (unpaired) electrons. The minimum Gasteiger partial charge on any atom is -0.465 e. The molecule has 1 heterocycles. The molecule has 0 aliphatic carbocycles. The molecule has 1 fully saturated rings. The highest BCUT2D eigenvalue weighted by Crippen LogP contribution is 2.22. The molecule has 0 saturated carbocycles. The van der Waals surface area contributed by atoms with Crippen molar-refractivity contribution in [3.8, 4) is 0 Å². The van der Waals surface area contributed by atoms with Gasteiger partial charge in [-0.2, -0.15) is 0 Å². The van der Waals surface area contributed by atoms with Gasteiger partial charge in [-0.05, 0) is 57.6 Å². The van der Waals surface area contributed by atoms with Crippen LogP contribution in [0.4, 0.5) is 5.69 Å². The lowest BCUT2D eigenvalue weighted by atomic mass is 10.0. The number of benzene rings is 1. The van der Waals surface area contributed by atoms with Crippen LogP contribution >= 0.6 is 0 Å². The molecule has 0 spiro atoms. The average molecular weight is 262 g/mol. The molecular weight excluding hydrogens is 240 g/mol. The Morgan fingerprint density at radius 3 is 2.68 bits per heavy atom. The smallest absolute Gasteiger partial charge is 0.338 e. The molecule has 0 bridgehead atoms. The normalized spacial score (nSPS) is 17.2. The fourth-order valence-corrected chi connectivity index (χ4v) is 2.50. The van der Waals surface area contributed by atoms with E-state index in [1.54, 1.807) is 6.07 Å². The number of rotatable bonds is 3. The Labute approximate surface area is 114 Å². The minimum absolute atomic E-state index is 0.274. The molecule has 0 unspecified atom stereocenters. The number of hydrogen-bond acceptors (Lipinski definition) is 4. The fourth-order valence-electron chi connectivity index (χ4n) is 2.50. The van der Waals surface area contributed by atoms with Crippen LogP contribution in [0.5, 0.6) is 0 Å². The molecule has 1 aliphatic heterocycles. The lowest BCUT2D eigenvalue weighted by Crippen LogP contribution is -2.36. The number of carbonyl (C=O) groups is 1. The summed E-state index contributed by atoms with van der Waals surface area (Å²) in [5.41, 5.74) is 2.64. The van der Waals surface area contributed by atoms with E-state index in [0.717, 1.165) is 37.2 Å². The van der Waals surface area contributed by atoms with Gasteiger partial charge < -0.3 is 15.0 Å². The minimum atomic E-state index is -0.274. The largest absolute Gasteiger partial charge is 0.465 e. The predicted molar refractivity (Wildman–Crippen MR) is 76.7 cm³/mol. The van der Waals surface area contributed by atoms with Gasteiger partial charge in [0.2, 0.25) is 0 Å². The van der Waals surface area contributed by atoms with Gasteiger partial charge in [0.1, 0.15) is 0 Å². The molecule has 1 aliphatic rings. The number of nitrogens with zero attached hydrogens (tertiary/aromatic N) is 1. The van der Waals surface area contributed by atoms with Crippen molar-refractivity contribution >= 4 is 11.7 Å². The average Bonchev–Trinajstić information content (AvgIpc) is 2.43. The van der Waals surface area contributed by atoms with Crippen LogP contribution in [-0.2, 0) is 4.74 Å². The second kappa shape index (κ2) is 6.06. The van der Waals surface area contributed by atoms with E-state index in [1.807, 2.05) is 19.1 Å². The zero-order chi connectivity index (χ0) is 13.8. The Hall–Kier alpha value is -1.55. The topological polar surface area (TPSA) is 41.6 Å². The highest BCUT2D eigenvalue weighted by Gasteiger charge is 2.18. The highest BCUT2D eigenvalue weighted by atomic mass is 16.5. The lowest BCUT2D eigenvalue weighted by Gasteiger charge is -2.30. The van der Waals surface area contributed by atoms with E-state index < -0.39 is 0 Å². The third kappa shape index (κ3) is 3.26. The van der Waals surface area contributed by atoms with E-state index in [-0.39, 0.29) is 5.97 Å². The summed E-state index contributed by atoms with van der Waals surface area (Å²) in [5.74, 6) is -0.274. The maximum atomic E-state index is 11.7. The molecule has 0 amide bonds. The van der Waals surface area contributed by atoms with Crippen LogP contribution in [0.2, 0.25) is 0 Å². The first-order valence-electron chi connectivity index (χ1n) is 6.75. The van der Waals surface area contributed by atoms with Crippen molar-refractivity contribution in [2.75, 3.05) is 32.6 Å². The van der Waals surface area contributed by atoms with E-state index in [4.69, 9.17) is 4.74 Å². The van der Waals surface area contributed by atoms with Gasteiger partial charge in [-0.3, -0.25) is 0 Å². The van der Waals surface area contributed by atoms with E-state index in [9.17, 15) is 4.79 Å². The predicted octanol–water partition coefficient (Wildman–Crippen LogP) is 2.29. The number of nitrogens with one attached hydrogen (secondary N) is 1. The molecule has 4 nitrogen and oxygen atoms in total. The molecule has 1 aromatic rings. The summed E-state index contributed by atoms with van der Waals surface area (Å²) in [4.78, 5) is 14.0. The summed E-state index contributed by atoms with van der Waals surface area (Å²) >= 11 is 0. The van der Waals surface area contributed by atoms with Gasteiger partial charge in [0.15, 0.2) is 0 Å². The van der Waals surface area contributed by atoms with Crippen LogP contribution in [0.25, 0.3) is 0 Å². The van der Waals surface area contributed by atoms with Crippen molar-refractivity contribution in [3.05, 3.63) is 29.3 Å². The summed E-state index contributed by atoms with van der Waals surface area (Å²) in [6.07, 6.45) is 2.27. The number of ether oxygens (including phenoxy) is 1. The first-order chi connectivity index (χ1) is 9.11. The van der Waals surface area contributed by atoms with Gasteiger partial charge in [0.25, 0.3) is 0 Å². The van der Waals surface area contributed by atoms with E-state index in [2.05, 4.69) is 17.3 Å². The van der Waals surface area contributed by atoms with E-state index >= 15 is 0 Å². The Kier molecular flexibility index (Phi) is 4.43. The van der Waals surface area contributed by atoms with Crippen LogP contribution in [0.1, 0.15) is 28.8 Å². The van der Waals surface area contributed by atoms with Crippen molar-refractivity contribution in [3.63, 3.8) is 0 Å². The Morgan fingerprint density at radius 2 is 2.05 bits per heavy atom. The monoisotopic (exact) mass is 262 g/mol. The molecular formula is C15H22N2O2. The molecule has 1 saturated heterocycles. The Balaban J connectivity index is 2.10. The Bertz CT molecular complexity index is 451. The molecule has 0 atom stereocenters. The van der Waals surface area contributed by atoms with Crippen LogP contribution in [0, 0.1) is 6.92 Å². The van der Waals surface area contributed by atoms with Crippen LogP contribution < -0.4 is 5.32 Å². The molecule has 4 heteroatoms. The number of esters is 1. The SMILES string of the molecule is COC(=O)c1cccc(NC2CCN(C)CC2)c1C. The summed E-state index contributed by atoms with van der Waals surface area (Å²) in [6.45, 7) is 4.20. The standard InChI is InChI=1S/C15H22N2O2/c1-11-13(15(18)19-3)5-4-6-14(11)16-12-7-9-17(2)10-8-12/h4-6,12,16H,7-10H2,1-3H3. The van der Waals surface area contributed by atoms with Gasteiger partial charge >= 0.3 is 5.97 Å². The number of carbonyl (C=O) groups excluding carboxylic acids is 1. The third-order valence-electron chi connectivity index (χ3n) is 3.82. The van der Waals surface area contributed by atoms with Gasteiger partial charge in [-0.1, -0.05) is 6.07 Å². The van der Waals surface area contributed by atoms with Crippen LogP contribution in [-0.4, -0.2) is 44.2 Å². The van der Waals surface area contributed by atoms with Crippen LogP contribution in [0.3, 0.4) is 0 Å². The second-order valence-electron chi connectivity index (χ2n) is 5.19. The third-order valence-corrected chi connectivity index (χ3v) is 3.82. The molecule has 1 aromatic carbocycles. The molecule has 19 heavy (non-hydrogen) atoms. The maximum Gasteiger partial charge on any atom is 0.338 e. The van der Waals surface area contributed by atoms with Gasteiger partial charge in [0.05, 0.1) is 12.7 Å². The molecule has 0 aromatic heterocycles. The Morgan fingerprint density at radius 1 is 1.37 bits per heavy atom. The van der Waals surface area contributed by atoms with Crippen molar-refractivity contribution < 1.29 is 9.53 Å². The van der Waals surface area contributed by atoms with Crippen molar-refractivity contribution in [2.45, 2.75) is 25.8 Å². The number of hydrogen-bond donors (Lipinski definition) is 1. The number of likely N-dealkylation sites (tertiary alicyclic amines) is 1. The number of anilines is 1. The number of piperidine rings is 1. The summed E-state index contributed by atoms with van der Waals surface area (Å²) < 4.78 is 4.80. The van der Waals surface area contributed by atoms with Crippen LogP contribution in [0.15, 0.2) is 18.2 Å². The quantitative estimate of drug-likeness (QED) is 0.849. The summed E-state index contributed by atoms with van der Waals surface area (Å²) in [5, 5.41) is 3.55. The van der Waals surface area contributed by atoms with Crippen molar-refractivity contribution in [1.29, 1.82) is 0 Å². The zero-order valence-electron chi connectivity index (χ0n) is 11.9. The summed E-state index contributed by atoms with van der Waals surface area (Å²) in [6, 6.07) is 6.22.